The predicted molar refractivity (Wildman–Crippen MR) is 115 cm³/mol. The Morgan fingerprint density at radius 3 is 2.14 bits per heavy atom. The summed E-state index contributed by atoms with van der Waals surface area (Å²) in [5, 5.41) is 5.99. The van der Waals surface area contributed by atoms with Gasteiger partial charge >= 0.3 is 0 Å². The molecule has 1 fully saturated rings. The minimum atomic E-state index is -0.264. The minimum absolute atomic E-state index is 0.0701. The third-order valence-corrected chi connectivity index (χ3v) is 5.29. The molecule has 0 radical (unpaired) electrons. The van der Waals surface area contributed by atoms with Gasteiger partial charge in [-0.05, 0) is 54.7 Å². The van der Waals surface area contributed by atoms with Crippen LogP contribution in [-0.2, 0) is 9.59 Å². The summed E-state index contributed by atoms with van der Waals surface area (Å²) >= 11 is 0. The molecule has 0 bridgehead atoms. The third kappa shape index (κ3) is 4.35. The first-order valence-electron chi connectivity index (χ1n) is 9.76. The molecule has 2 N–H and O–H groups in total. The number of carbonyl (C=O) groups is 2. The fourth-order valence-electron chi connectivity index (χ4n) is 3.41. The molecule has 2 unspecified atom stereocenters. The molecule has 148 valence electrons. The number of nitrogens with zero attached hydrogens (tertiary/aromatic N) is 1. The lowest BCUT2D eigenvalue weighted by Crippen LogP contribution is -2.21. The quantitative estimate of drug-likeness (QED) is 0.782. The largest absolute Gasteiger partial charge is 0.378 e. The second-order valence-corrected chi connectivity index (χ2v) is 8.06. The molecule has 2 aromatic rings. The molecule has 0 saturated heterocycles. The summed E-state index contributed by atoms with van der Waals surface area (Å²) in [4.78, 5) is 27.2. The van der Waals surface area contributed by atoms with Crippen LogP contribution in [-0.4, -0.2) is 25.9 Å². The number of benzene rings is 2. The van der Waals surface area contributed by atoms with E-state index in [0.29, 0.717) is 12.3 Å². The number of carbonyl (C=O) groups excluding carboxylic acids is 2. The highest BCUT2D eigenvalue weighted by Gasteiger charge is 2.48. The van der Waals surface area contributed by atoms with Crippen molar-refractivity contribution in [3.05, 3.63) is 53.6 Å². The summed E-state index contributed by atoms with van der Waals surface area (Å²) in [5.74, 6) is -0.370. The van der Waals surface area contributed by atoms with Crippen LogP contribution in [0.1, 0.15) is 37.3 Å². The maximum atomic E-state index is 12.7. The SMILES string of the molecule is Cc1cccc(C(C)C)c1NC(=O)C1CC1C(=O)Nc1ccc(N(C)C)cc1. The summed E-state index contributed by atoms with van der Waals surface area (Å²) < 4.78 is 0. The molecule has 0 spiro atoms. The van der Waals surface area contributed by atoms with Gasteiger partial charge in [0.15, 0.2) is 0 Å². The van der Waals surface area contributed by atoms with Crippen molar-refractivity contribution in [2.45, 2.75) is 33.1 Å². The van der Waals surface area contributed by atoms with E-state index in [2.05, 4.69) is 24.5 Å². The Morgan fingerprint density at radius 2 is 1.57 bits per heavy atom. The first-order chi connectivity index (χ1) is 13.3. The standard InChI is InChI=1S/C23H29N3O2/c1-14(2)18-8-6-7-15(3)21(18)25-23(28)20-13-19(20)22(27)24-16-9-11-17(12-10-16)26(4)5/h6-12,14,19-20H,13H2,1-5H3,(H,24,27)(H,25,28). The van der Waals surface area contributed by atoms with Crippen molar-refractivity contribution in [1.82, 2.24) is 0 Å². The smallest absolute Gasteiger partial charge is 0.228 e. The molecular formula is C23H29N3O2. The number of para-hydroxylation sites is 1. The Labute approximate surface area is 167 Å². The lowest BCUT2D eigenvalue weighted by atomic mass is 9.98. The van der Waals surface area contributed by atoms with Gasteiger partial charge in [-0.25, -0.2) is 0 Å². The second-order valence-electron chi connectivity index (χ2n) is 8.06. The van der Waals surface area contributed by atoms with Gasteiger partial charge in [0.1, 0.15) is 0 Å². The van der Waals surface area contributed by atoms with Gasteiger partial charge in [0, 0.05) is 31.2 Å². The zero-order valence-electron chi connectivity index (χ0n) is 17.2. The molecule has 3 rings (SSSR count). The van der Waals surface area contributed by atoms with Crippen LogP contribution in [0, 0.1) is 18.8 Å². The number of nitrogens with one attached hydrogen (secondary N) is 2. The molecule has 2 amide bonds. The highest BCUT2D eigenvalue weighted by atomic mass is 16.2. The van der Waals surface area contributed by atoms with E-state index >= 15 is 0 Å². The first kappa shape index (κ1) is 19.9. The molecule has 28 heavy (non-hydrogen) atoms. The van der Waals surface area contributed by atoms with E-state index in [1.807, 2.05) is 68.4 Å². The maximum absolute atomic E-state index is 12.7. The normalized spacial score (nSPS) is 17.9. The molecular weight excluding hydrogens is 350 g/mol. The molecule has 2 atom stereocenters. The Bertz CT molecular complexity index is 872. The Morgan fingerprint density at radius 1 is 0.964 bits per heavy atom. The lowest BCUT2D eigenvalue weighted by molar-refractivity contribution is -0.122. The predicted octanol–water partition coefficient (Wildman–Crippen LogP) is 4.40. The van der Waals surface area contributed by atoms with E-state index in [0.717, 1.165) is 28.2 Å². The topological polar surface area (TPSA) is 61.4 Å². The Hall–Kier alpha value is -2.82. The fraction of sp³-hybridized carbons (Fsp3) is 0.391. The van der Waals surface area contributed by atoms with Gasteiger partial charge in [0.05, 0.1) is 11.8 Å². The van der Waals surface area contributed by atoms with Crippen LogP contribution in [0.2, 0.25) is 0 Å². The molecule has 1 aliphatic carbocycles. The van der Waals surface area contributed by atoms with Crippen LogP contribution in [0.25, 0.3) is 0 Å². The highest BCUT2D eigenvalue weighted by molar-refractivity contribution is 6.03. The van der Waals surface area contributed by atoms with E-state index < -0.39 is 0 Å². The molecule has 0 aromatic heterocycles. The Kier molecular flexibility index (Phi) is 5.73. The van der Waals surface area contributed by atoms with Crippen LogP contribution < -0.4 is 15.5 Å². The van der Waals surface area contributed by atoms with Crippen LogP contribution in [0.3, 0.4) is 0 Å². The van der Waals surface area contributed by atoms with Crippen molar-refractivity contribution in [2.75, 3.05) is 29.6 Å². The molecule has 1 aliphatic rings. The van der Waals surface area contributed by atoms with Crippen molar-refractivity contribution < 1.29 is 9.59 Å². The average Bonchev–Trinajstić information content (AvgIpc) is 3.44. The van der Waals surface area contributed by atoms with Crippen molar-refractivity contribution in [2.24, 2.45) is 11.8 Å². The fourth-order valence-corrected chi connectivity index (χ4v) is 3.41. The van der Waals surface area contributed by atoms with Gasteiger partial charge in [-0.15, -0.1) is 0 Å². The van der Waals surface area contributed by atoms with Crippen LogP contribution in [0.4, 0.5) is 17.1 Å². The lowest BCUT2D eigenvalue weighted by Gasteiger charge is -2.16. The summed E-state index contributed by atoms with van der Waals surface area (Å²) in [5.41, 5.74) is 4.87. The third-order valence-electron chi connectivity index (χ3n) is 5.29. The minimum Gasteiger partial charge on any atom is -0.378 e. The van der Waals surface area contributed by atoms with Crippen LogP contribution in [0.5, 0.6) is 0 Å². The number of anilines is 3. The van der Waals surface area contributed by atoms with E-state index in [4.69, 9.17) is 0 Å². The number of amides is 2. The Balaban J connectivity index is 1.61. The maximum Gasteiger partial charge on any atom is 0.228 e. The first-order valence-corrected chi connectivity index (χ1v) is 9.76. The van der Waals surface area contributed by atoms with E-state index in [1.165, 1.54) is 0 Å². The van der Waals surface area contributed by atoms with Crippen molar-refractivity contribution in [3.8, 4) is 0 Å². The van der Waals surface area contributed by atoms with Gasteiger partial charge in [-0.3, -0.25) is 9.59 Å². The van der Waals surface area contributed by atoms with E-state index in [-0.39, 0.29) is 23.7 Å². The molecule has 5 nitrogen and oxygen atoms in total. The molecule has 5 heteroatoms. The molecule has 1 saturated carbocycles. The summed E-state index contributed by atoms with van der Waals surface area (Å²) in [6.07, 6.45) is 0.594. The average molecular weight is 380 g/mol. The zero-order valence-corrected chi connectivity index (χ0v) is 17.2. The van der Waals surface area contributed by atoms with Crippen molar-refractivity contribution in [1.29, 1.82) is 0 Å². The summed E-state index contributed by atoms with van der Waals surface area (Å²) in [7, 11) is 3.94. The monoisotopic (exact) mass is 379 g/mol. The van der Waals surface area contributed by atoms with Gasteiger partial charge in [-0.1, -0.05) is 32.0 Å². The van der Waals surface area contributed by atoms with Crippen LogP contribution >= 0.6 is 0 Å². The van der Waals surface area contributed by atoms with Gasteiger partial charge in [-0.2, -0.15) is 0 Å². The zero-order chi connectivity index (χ0) is 20.4. The van der Waals surface area contributed by atoms with Crippen LogP contribution in [0.15, 0.2) is 42.5 Å². The van der Waals surface area contributed by atoms with Gasteiger partial charge in [0.25, 0.3) is 0 Å². The second kappa shape index (κ2) is 8.05. The van der Waals surface area contributed by atoms with Gasteiger partial charge in [0.2, 0.25) is 11.8 Å². The number of hydrogen-bond acceptors (Lipinski definition) is 3. The van der Waals surface area contributed by atoms with E-state index in [1.54, 1.807) is 0 Å². The number of aryl methyl sites for hydroxylation is 1. The molecule has 0 heterocycles. The highest BCUT2D eigenvalue weighted by Crippen LogP contribution is 2.41. The number of hydrogen-bond donors (Lipinski definition) is 2. The molecule has 2 aromatic carbocycles. The van der Waals surface area contributed by atoms with Gasteiger partial charge < -0.3 is 15.5 Å². The molecule has 0 aliphatic heterocycles. The van der Waals surface area contributed by atoms with E-state index in [9.17, 15) is 9.59 Å². The summed E-state index contributed by atoms with van der Waals surface area (Å²) in [6.45, 7) is 6.22. The summed E-state index contributed by atoms with van der Waals surface area (Å²) in [6, 6.07) is 13.7. The number of rotatable bonds is 6. The van der Waals surface area contributed by atoms with Crippen molar-refractivity contribution >= 4 is 28.9 Å². The van der Waals surface area contributed by atoms with Crippen molar-refractivity contribution in [3.63, 3.8) is 0 Å².